The van der Waals surface area contributed by atoms with Gasteiger partial charge in [0.05, 0.1) is 17.8 Å². The minimum atomic E-state index is -0.689. The molecule has 0 radical (unpaired) electrons. The van der Waals surface area contributed by atoms with Gasteiger partial charge < -0.3 is 0 Å². The highest BCUT2D eigenvalue weighted by Gasteiger charge is 2.18. The van der Waals surface area contributed by atoms with E-state index in [0.29, 0.717) is 5.56 Å². The molecule has 184 valence electrons. The van der Waals surface area contributed by atoms with Gasteiger partial charge in [0.2, 0.25) is 0 Å². The Morgan fingerprint density at radius 3 is 1.93 bits per heavy atom. The van der Waals surface area contributed by atoms with Crippen LogP contribution in [0.1, 0.15) is 17.8 Å². The summed E-state index contributed by atoms with van der Waals surface area (Å²) >= 11 is 0. The number of hydrogen-bond acceptors (Lipinski definition) is 0. The largest absolute Gasteiger partial charge is 0.0636 e. The maximum Gasteiger partial charge on any atom is 0.0636 e. The van der Waals surface area contributed by atoms with Crippen molar-refractivity contribution in [3.05, 3.63) is 145 Å². The molecule has 0 heterocycles. The summed E-state index contributed by atoms with van der Waals surface area (Å²) < 4.78 is 117. The summed E-state index contributed by atoms with van der Waals surface area (Å²) in [4.78, 5) is 0. The molecule has 0 atom stereocenters. The van der Waals surface area contributed by atoms with E-state index in [0.717, 1.165) is 32.3 Å². The van der Waals surface area contributed by atoms with E-state index in [1.54, 1.807) is 0 Å². The summed E-state index contributed by atoms with van der Waals surface area (Å²) in [5.41, 5.74) is -0.161. The van der Waals surface area contributed by atoms with Gasteiger partial charge in [0.25, 0.3) is 0 Å². The van der Waals surface area contributed by atoms with Crippen molar-refractivity contribution in [2.45, 2.75) is 0 Å². The third-order valence-electron chi connectivity index (χ3n) is 7.69. The van der Waals surface area contributed by atoms with Gasteiger partial charge in [0.1, 0.15) is 0 Å². The fourth-order valence-corrected chi connectivity index (χ4v) is 5.98. The van der Waals surface area contributed by atoms with E-state index < -0.39 is 77.6 Å². The molecule has 0 bridgehead atoms. The van der Waals surface area contributed by atoms with Crippen molar-refractivity contribution in [1.29, 1.82) is 0 Å². The van der Waals surface area contributed by atoms with Crippen LogP contribution < -0.4 is 0 Å². The summed E-state index contributed by atoms with van der Waals surface area (Å²) in [6, 6.07) is 14.2. The molecule has 0 aromatic heterocycles. The van der Waals surface area contributed by atoms with E-state index in [9.17, 15) is 8.22 Å². The number of rotatable bonds is 2. The zero-order valence-corrected chi connectivity index (χ0v) is 20.9. The number of benzene rings is 9. The van der Waals surface area contributed by atoms with E-state index in [1.807, 2.05) is 66.7 Å². The molecule has 0 saturated heterocycles. The van der Waals surface area contributed by atoms with Gasteiger partial charge in [0, 0.05) is 0 Å². The molecule has 0 unspecified atom stereocenters. The fraction of sp³-hybridized carbons (Fsp3) is 0. The maximum atomic E-state index is 9.58. The molecule has 0 saturated carbocycles. The first-order valence-electron chi connectivity index (χ1n) is 19.4. The summed E-state index contributed by atoms with van der Waals surface area (Å²) in [5.74, 6) is 0. The Kier molecular flexibility index (Phi) is 2.60. The molecule has 0 heteroatoms. The third-order valence-corrected chi connectivity index (χ3v) is 7.69. The van der Waals surface area contributed by atoms with Gasteiger partial charge in [0.15, 0.2) is 0 Å². The van der Waals surface area contributed by atoms with Gasteiger partial charge >= 0.3 is 0 Å². The second-order valence-electron chi connectivity index (χ2n) is 9.86. The molecule has 0 fully saturated rings. The van der Waals surface area contributed by atoms with Crippen LogP contribution in [0.15, 0.2) is 145 Å². The minimum Gasteiger partial charge on any atom is -0.0622 e. The van der Waals surface area contributed by atoms with Crippen LogP contribution in [0.25, 0.3) is 86.9 Å². The first kappa shape index (κ1) is 12.8. The molecule has 0 aliphatic heterocycles. The van der Waals surface area contributed by atoms with Crippen LogP contribution in [0, 0.1) is 0 Å². The molecule has 0 amide bonds. The lowest BCUT2D eigenvalue weighted by molar-refractivity contribution is 1.66. The minimum absolute atomic E-state index is 0.00673. The Bertz CT molecular complexity index is 3100. The van der Waals surface area contributed by atoms with Gasteiger partial charge in [-0.3, -0.25) is 0 Å². The molecule has 0 aliphatic rings. The zero-order valence-electron chi connectivity index (χ0n) is 33.9. The molecule has 40 heavy (non-hydrogen) atoms. The van der Waals surface area contributed by atoms with E-state index in [2.05, 4.69) is 0 Å². The highest BCUT2D eigenvalue weighted by Crippen LogP contribution is 2.46. The highest BCUT2D eigenvalue weighted by molar-refractivity contribution is 6.30. The second kappa shape index (κ2) is 8.15. The van der Waals surface area contributed by atoms with Gasteiger partial charge in [-0.1, -0.05) is 127 Å². The van der Waals surface area contributed by atoms with Crippen molar-refractivity contribution in [3.63, 3.8) is 0 Å². The maximum absolute atomic E-state index is 9.58. The Hall–Kier alpha value is -5.20. The Balaban J connectivity index is 1.58. The predicted molar refractivity (Wildman–Crippen MR) is 174 cm³/mol. The summed E-state index contributed by atoms with van der Waals surface area (Å²) in [7, 11) is 0. The zero-order chi connectivity index (χ0) is 37.5. The van der Waals surface area contributed by atoms with Gasteiger partial charge in [-0.2, -0.15) is 0 Å². The van der Waals surface area contributed by atoms with Gasteiger partial charge in [-0.25, -0.2) is 0 Å². The summed E-state index contributed by atoms with van der Waals surface area (Å²) in [6.45, 7) is 0. The molecule has 9 rings (SSSR count). The molecular formula is C40H24. The summed E-state index contributed by atoms with van der Waals surface area (Å²) in [5, 5.41) is 4.53. The lowest BCUT2D eigenvalue weighted by atomic mass is 9.84. The molecule has 0 aliphatic carbocycles. The Morgan fingerprint density at radius 1 is 0.400 bits per heavy atom. The molecule has 9 aromatic rings. The van der Waals surface area contributed by atoms with Crippen molar-refractivity contribution in [2.24, 2.45) is 0 Å². The molecule has 0 N–H and O–H groups in total. The van der Waals surface area contributed by atoms with Crippen LogP contribution in [-0.4, -0.2) is 0 Å². The normalized spacial score (nSPS) is 16.6. The van der Waals surface area contributed by atoms with Crippen LogP contribution in [-0.2, 0) is 0 Å². The average molecular weight is 518 g/mol. The number of hydrogen-bond donors (Lipinski definition) is 0. The van der Waals surface area contributed by atoms with Crippen LogP contribution in [0.4, 0.5) is 0 Å². The van der Waals surface area contributed by atoms with E-state index in [4.69, 9.17) is 9.60 Å². The van der Waals surface area contributed by atoms with Gasteiger partial charge in [-0.15, -0.1) is 0 Å². The van der Waals surface area contributed by atoms with Crippen LogP contribution >= 0.6 is 0 Å². The first-order valence-corrected chi connectivity index (χ1v) is 12.9. The van der Waals surface area contributed by atoms with Crippen molar-refractivity contribution in [2.75, 3.05) is 0 Å². The van der Waals surface area contributed by atoms with E-state index in [1.165, 1.54) is 0 Å². The van der Waals surface area contributed by atoms with Crippen LogP contribution in [0.2, 0.25) is 0 Å². The van der Waals surface area contributed by atoms with Crippen molar-refractivity contribution < 1.29 is 17.8 Å². The van der Waals surface area contributed by atoms with Crippen molar-refractivity contribution in [3.8, 4) is 22.3 Å². The quantitative estimate of drug-likeness (QED) is 0.158. The molecule has 9 aromatic carbocycles. The molecular weight excluding hydrogens is 480 g/mol. The van der Waals surface area contributed by atoms with Gasteiger partial charge in [-0.05, 0) is 105 Å². The van der Waals surface area contributed by atoms with Crippen molar-refractivity contribution >= 4 is 64.6 Å². The average Bonchev–Trinajstić information content (AvgIpc) is 3.15. The van der Waals surface area contributed by atoms with Crippen molar-refractivity contribution in [1.82, 2.24) is 0 Å². The second-order valence-corrected chi connectivity index (χ2v) is 9.86. The highest BCUT2D eigenvalue weighted by atomic mass is 14.2. The lowest BCUT2D eigenvalue weighted by Gasteiger charge is -2.19. The Labute approximate surface area is 250 Å². The standard InChI is InChI=1S/C40H24/c1-2-8-25(9-3-1)32-23-29-17-15-27-18-20-36(35-21-19-30(24-32)37(29)38(27)35)40-34-13-7-5-11-28(34)22-31-16-14-26-10-4-6-12-33(26)39(31)40/h1-24H/i1D,2D,3D,8D,9D,15D,17D,18D,19D,20D,21D,23D,24D. The van der Waals surface area contributed by atoms with Crippen LogP contribution in [0.5, 0.6) is 0 Å². The first-order chi connectivity index (χ1) is 25.3. The predicted octanol–water partition coefficient (Wildman–Crippen LogP) is 11.4. The molecule has 0 nitrogen and oxygen atoms in total. The monoisotopic (exact) mass is 517 g/mol. The fourth-order valence-electron chi connectivity index (χ4n) is 5.98. The topological polar surface area (TPSA) is 0 Å². The van der Waals surface area contributed by atoms with E-state index in [-0.39, 0.29) is 50.0 Å². The smallest absolute Gasteiger partial charge is 0.0622 e. The SMILES string of the molecule is [2H]c1c([2H])c([2H])c(-c2c([2H])c3c([2H])c([2H])c4c([2H])c([2H])c(-c5c6ccccc6cc6ccc7ccccc7c56)c5c([2H])c([2H])c(c2[2H])c3c45)c([2H])c1[2H]. The lowest BCUT2D eigenvalue weighted by Crippen LogP contribution is -1.91. The Morgan fingerprint density at radius 2 is 1.07 bits per heavy atom. The molecule has 0 spiro atoms. The summed E-state index contributed by atoms with van der Waals surface area (Å²) in [6.07, 6.45) is 0. The van der Waals surface area contributed by atoms with E-state index >= 15 is 0 Å². The van der Waals surface area contributed by atoms with Crippen LogP contribution in [0.3, 0.4) is 0 Å². The number of fused-ring (bicyclic) bond motifs is 4. The third kappa shape index (κ3) is 3.02.